The van der Waals surface area contributed by atoms with Gasteiger partial charge in [-0.1, -0.05) is 35.5 Å². The molecule has 21 heavy (non-hydrogen) atoms. The maximum atomic E-state index is 13.0. The van der Waals surface area contributed by atoms with Crippen LogP contribution in [0.1, 0.15) is 5.56 Å². The first kappa shape index (κ1) is 14.1. The molecule has 0 radical (unpaired) electrons. The maximum absolute atomic E-state index is 13.0. The van der Waals surface area contributed by atoms with E-state index in [1.54, 1.807) is 6.08 Å². The smallest absolute Gasteiger partial charge is 0.349 e. The Morgan fingerprint density at radius 1 is 1.33 bits per heavy atom. The molecule has 0 aromatic heterocycles. The van der Waals surface area contributed by atoms with E-state index in [2.05, 4.69) is 15.3 Å². The Labute approximate surface area is 118 Å². The lowest BCUT2D eigenvalue weighted by molar-refractivity contribution is -0.369. The number of piperidine rings is 1. The molecule has 1 aromatic carbocycles. The van der Waals surface area contributed by atoms with Crippen LogP contribution >= 0.6 is 0 Å². The topological polar surface area (TPSA) is 53.9 Å². The molecule has 2 aliphatic rings. The Bertz CT molecular complexity index is 598. The second-order valence-electron chi connectivity index (χ2n) is 5.03. The molecule has 2 N–H and O–H groups in total. The summed E-state index contributed by atoms with van der Waals surface area (Å²) in [7, 11) is 0. The van der Waals surface area contributed by atoms with E-state index >= 15 is 0 Å². The van der Waals surface area contributed by atoms with E-state index in [9.17, 15) is 18.3 Å². The van der Waals surface area contributed by atoms with Crippen LogP contribution in [0.2, 0.25) is 0 Å². The van der Waals surface area contributed by atoms with Crippen molar-refractivity contribution in [3.63, 3.8) is 0 Å². The molecule has 1 fully saturated rings. The molecule has 0 spiro atoms. The highest BCUT2D eigenvalue weighted by Crippen LogP contribution is 2.43. The van der Waals surface area contributed by atoms with Gasteiger partial charge in [0, 0.05) is 13.1 Å². The van der Waals surface area contributed by atoms with E-state index < -0.39 is 17.9 Å². The lowest BCUT2D eigenvalue weighted by Gasteiger charge is -2.32. The molecule has 2 unspecified atom stereocenters. The second-order valence-corrected chi connectivity index (χ2v) is 5.03. The first-order valence-corrected chi connectivity index (χ1v) is 6.44. The van der Waals surface area contributed by atoms with Gasteiger partial charge >= 0.3 is 12.0 Å². The number of hydrogen-bond acceptors (Lipinski definition) is 4. The lowest BCUT2D eigenvalue weighted by atomic mass is 9.85. The van der Waals surface area contributed by atoms with Gasteiger partial charge in [-0.2, -0.15) is 13.2 Å². The number of alkyl halides is 3. The highest BCUT2D eigenvalue weighted by molar-refractivity contribution is 6.07. The van der Waals surface area contributed by atoms with Gasteiger partial charge in [-0.05, 0) is 17.2 Å². The molecule has 0 aliphatic carbocycles. The van der Waals surface area contributed by atoms with Gasteiger partial charge in [0.05, 0.1) is 11.6 Å². The van der Waals surface area contributed by atoms with Gasteiger partial charge in [0.25, 0.3) is 0 Å². The van der Waals surface area contributed by atoms with E-state index in [0.717, 1.165) is 5.56 Å². The highest BCUT2D eigenvalue weighted by atomic mass is 19.4. The number of oxime groups is 1. The standard InChI is InChI=1S/C14H13F3N2O2/c15-14(16,17)13(20)11-8-18-7-10(12(11)19-21-13)6-9-4-2-1-3-5-9/h1-6,11,18,20H,7-8H2/b10-6+. The summed E-state index contributed by atoms with van der Waals surface area (Å²) < 4.78 is 38.9. The van der Waals surface area contributed by atoms with Crippen molar-refractivity contribution in [2.24, 2.45) is 11.1 Å². The first-order chi connectivity index (χ1) is 9.92. The third kappa shape index (κ3) is 2.32. The monoisotopic (exact) mass is 298 g/mol. The Morgan fingerprint density at radius 2 is 2.05 bits per heavy atom. The Kier molecular flexibility index (Phi) is 3.26. The van der Waals surface area contributed by atoms with Gasteiger partial charge in [0.2, 0.25) is 0 Å². The van der Waals surface area contributed by atoms with Crippen molar-refractivity contribution >= 4 is 11.8 Å². The van der Waals surface area contributed by atoms with Gasteiger partial charge in [-0.3, -0.25) is 0 Å². The van der Waals surface area contributed by atoms with Crippen LogP contribution in [0.15, 0.2) is 41.1 Å². The molecule has 4 nitrogen and oxygen atoms in total. The molecule has 7 heteroatoms. The van der Waals surface area contributed by atoms with Crippen molar-refractivity contribution in [3.05, 3.63) is 41.5 Å². The molecule has 0 bridgehead atoms. The molecular formula is C14H13F3N2O2. The minimum atomic E-state index is -4.90. The minimum absolute atomic E-state index is 0.0407. The van der Waals surface area contributed by atoms with Gasteiger partial charge < -0.3 is 15.3 Å². The largest absolute Gasteiger partial charge is 0.458 e. The number of halogens is 3. The number of benzene rings is 1. The summed E-state index contributed by atoms with van der Waals surface area (Å²) in [5.41, 5.74) is 1.58. The average Bonchev–Trinajstić information content (AvgIpc) is 2.80. The maximum Gasteiger partial charge on any atom is 0.458 e. The molecule has 2 aliphatic heterocycles. The molecule has 3 rings (SSSR count). The summed E-state index contributed by atoms with van der Waals surface area (Å²) in [6.07, 6.45) is -3.16. The van der Waals surface area contributed by atoms with Gasteiger partial charge in [0.1, 0.15) is 0 Å². The van der Waals surface area contributed by atoms with Gasteiger partial charge in [-0.25, -0.2) is 0 Å². The third-order valence-electron chi connectivity index (χ3n) is 3.63. The van der Waals surface area contributed by atoms with Crippen molar-refractivity contribution in [3.8, 4) is 0 Å². The molecular weight excluding hydrogens is 285 g/mol. The predicted molar refractivity (Wildman–Crippen MR) is 70.3 cm³/mol. The summed E-state index contributed by atoms with van der Waals surface area (Å²) in [6, 6.07) is 9.19. The lowest BCUT2D eigenvalue weighted by Crippen LogP contribution is -2.57. The number of rotatable bonds is 1. The summed E-state index contributed by atoms with van der Waals surface area (Å²) in [6.45, 7) is 0.336. The van der Waals surface area contributed by atoms with Crippen LogP contribution in [0.25, 0.3) is 6.08 Å². The summed E-state index contributed by atoms with van der Waals surface area (Å²) >= 11 is 0. The van der Waals surface area contributed by atoms with E-state index in [-0.39, 0.29) is 12.3 Å². The van der Waals surface area contributed by atoms with Crippen molar-refractivity contribution in [1.29, 1.82) is 0 Å². The van der Waals surface area contributed by atoms with Crippen LogP contribution in [0.5, 0.6) is 0 Å². The van der Waals surface area contributed by atoms with E-state index in [4.69, 9.17) is 0 Å². The second kappa shape index (κ2) is 4.85. The van der Waals surface area contributed by atoms with Crippen LogP contribution in [0.4, 0.5) is 13.2 Å². The number of hydrogen-bond donors (Lipinski definition) is 2. The Balaban J connectivity index is 1.93. The summed E-state index contributed by atoms with van der Waals surface area (Å²) in [5, 5.41) is 16.1. The van der Waals surface area contributed by atoms with Crippen LogP contribution in [0.3, 0.4) is 0 Å². The van der Waals surface area contributed by atoms with Gasteiger partial charge in [-0.15, -0.1) is 0 Å². The van der Waals surface area contributed by atoms with Crippen LogP contribution in [-0.2, 0) is 4.84 Å². The molecule has 0 amide bonds. The highest BCUT2D eigenvalue weighted by Gasteiger charge is 2.66. The molecule has 0 saturated carbocycles. The normalized spacial score (nSPS) is 30.8. The average molecular weight is 298 g/mol. The Morgan fingerprint density at radius 3 is 2.71 bits per heavy atom. The molecule has 112 valence electrons. The third-order valence-corrected chi connectivity index (χ3v) is 3.63. The molecule has 2 atom stereocenters. The minimum Gasteiger partial charge on any atom is -0.349 e. The zero-order chi connectivity index (χ0) is 15.1. The van der Waals surface area contributed by atoms with Crippen molar-refractivity contribution in [2.45, 2.75) is 12.0 Å². The van der Waals surface area contributed by atoms with Gasteiger partial charge in [0.15, 0.2) is 0 Å². The van der Waals surface area contributed by atoms with E-state index in [1.807, 2.05) is 30.3 Å². The fourth-order valence-corrected chi connectivity index (χ4v) is 2.52. The first-order valence-electron chi connectivity index (χ1n) is 6.44. The van der Waals surface area contributed by atoms with Crippen LogP contribution < -0.4 is 5.32 Å². The number of nitrogens with one attached hydrogen (secondary N) is 1. The van der Waals surface area contributed by atoms with Crippen molar-refractivity contribution in [2.75, 3.05) is 13.1 Å². The predicted octanol–water partition coefficient (Wildman–Crippen LogP) is 1.93. The van der Waals surface area contributed by atoms with Crippen LogP contribution in [-0.4, -0.2) is 35.9 Å². The fourth-order valence-electron chi connectivity index (χ4n) is 2.52. The van der Waals surface area contributed by atoms with E-state index in [0.29, 0.717) is 12.1 Å². The molecule has 1 saturated heterocycles. The zero-order valence-corrected chi connectivity index (χ0v) is 10.9. The van der Waals surface area contributed by atoms with Crippen molar-refractivity contribution in [1.82, 2.24) is 5.32 Å². The molecule has 2 heterocycles. The fraction of sp³-hybridized carbons (Fsp3) is 0.357. The number of aliphatic hydroxyl groups is 1. The van der Waals surface area contributed by atoms with Crippen molar-refractivity contribution < 1.29 is 23.1 Å². The summed E-state index contributed by atoms with van der Waals surface area (Å²) in [4.78, 5) is 4.36. The quantitative estimate of drug-likeness (QED) is 0.833. The number of nitrogens with zero attached hydrogens (tertiary/aromatic N) is 1. The SMILES string of the molecule is OC1(C(F)(F)F)ON=C2/C(=C/c3ccccc3)CNCC21. The number of fused-ring (bicyclic) bond motifs is 1. The van der Waals surface area contributed by atoms with Crippen LogP contribution in [0, 0.1) is 5.92 Å². The Hall–Kier alpha value is -1.86. The summed E-state index contributed by atoms with van der Waals surface area (Å²) in [5.74, 6) is -4.52. The molecule has 1 aromatic rings. The zero-order valence-electron chi connectivity index (χ0n) is 10.9. The van der Waals surface area contributed by atoms with E-state index in [1.165, 1.54) is 0 Å².